The molecule has 1 aromatic rings. The first-order valence-corrected chi connectivity index (χ1v) is 11.0. The number of halogens is 1. The van der Waals surface area contributed by atoms with Crippen molar-refractivity contribution >= 4 is 12.0 Å². The Morgan fingerprint density at radius 1 is 1.20 bits per heavy atom. The lowest BCUT2D eigenvalue weighted by molar-refractivity contribution is -0.158. The Hall–Kier alpha value is -2.15. The molecule has 1 aliphatic heterocycles. The summed E-state index contributed by atoms with van der Waals surface area (Å²) in [4.78, 5) is 26.4. The van der Waals surface area contributed by atoms with Gasteiger partial charge in [-0.15, -0.1) is 0 Å². The number of hydrogen-bond acceptors (Lipinski definition) is 4. The van der Waals surface area contributed by atoms with Crippen LogP contribution in [0.5, 0.6) is 0 Å². The van der Waals surface area contributed by atoms with Crippen LogP contribution in [0.3, 0.4) is 0 Å². The Bertz CT molecular complexity index is 823. The molecule has 2 N–H and O–H groups in total. The summed E-state index contributed by atoms with van der Waals surface area (Å²) in [6, 6.07) is 6.78. The lowest BCUT2D eigenvalue weighted by Crippen LogP contribution is -2.63. The summed E-state index contributed by atoms with van der Waals surface area (Å²) in [5, 5.41) is 13.0. The zero-order chi connectivity index (χ0) is 21.0. The first-order chi connectivity index (χ1) is 14.4. The van der Waals surface area contributed by atoms with E-state index in [4.69, 9.17) is 4.74 Å². The molecule has 6 rings (SSSR count). The van der Waals surface area contributed by atoms with Crippen LogP contribution in [0.2, 0.25) is 0 Å². The van der Waals surface area contributed by atoms with Gasteiger partial charge in [0, 0.05) is 18.9 Å². The van der Waals surface area contributed by atoms with Crippen molar-refractivity contribution in [1.82, 2.24) is 10.2 Å². The Kier molecular flexibility index (Phi) is 4.76. The molecule has 1 heterocycles. The minimum absolute atomic E-state index is 0.0454. The molecule has 4 bridgehead atoms. The van der Waals surface area contributed by atoms with Crippen molar-refractivity contribution in [2.45, 2.75) is 49.7 Å². The van der Waals surface area contributed by atoms with Gasteiger partial charge in [-0.25, -0.2) is 9.18 Å². The number of aliphatic hydroxyl groups excluding tert-OH is 1. The average Bonchev–Trinajstić information content (AvgIpc) is 2.68. The van der Waals surface area contributed by atoms with E-state index in [2.05, 4.69) is 5.32 Å². The largest absolute Gasteiger partial charge is 0.442 e. The number of hydrogen-bond donors (Lipinski definition) is 2. The molecule has 0 atom stereocenters. The fourth-order valence-corrected chi connectivity index (χ4v) is 6.89. The van der Waals surface area contributed by atoms with E-state index >= 15 is 0 Å². The van der Waals surface area contributed by atoms with Gasteiger partial charge in [-0.05, 0) is 67.1 Å². The van der Waals surface area contributed by atoms with E-state index < -0.39 is 6.09 Å². The quantitative estimate of drug-likeness (QED) is 0.790. The third-order valence-corrected chi connectivity index (χ3v) is 8.26. The van der Waals surface area contributed by atoms with E-state index in [0.717, 1.165) is 31.2 Å². The molecule has 5 aliphatic rings. The molecule has 2 amide bonds. The van der Waals surface area contributed by atoms with Crippen LogP contribution >= 0.6 is 0 Å². The SMILES string of the molecule is CNC(=O)OC1CN(C(=O)CC2(c3cccc(F)c3)C3CC4CC2CC(C3)C4O)C1. The summed E-state index contributed by atoms with van der Waals surface area (Å²) < 4.78 is 19.4. The summed E-state index contributed by atoms with van der Waals surface area (Å²) in [6.07, 6.45) is 2.99. The standard InChI is InChI=1S/C23H29FN2O4/c1-25-22(29)30-19-11-26(12-19)20(27)10-23(15-3-2-4-18(24)9-15)16-5-13-6-17(23)8-14(7-16)21(13)28/h2-4,9,13-14,16-17,19,21,28H,5-8,10-12H2,1H3,(H,25,29). The van der Waals surface area contributed by atoms with Gasteiger partial charge in [0.25, 0.3) is 0 Å². The molecular formula is C23H29FN2O4. The van der Waals surface area contributed by atoms with Gasteiger partial charge >= 0.3 is 6.09 Å². The topological polar surface area (TPSA) is 78.9 Å². The van der Waals surface area contributed by atoms with Gasteiger partial charge in [0.1, 0.15) is 11.9 Å². The van der Waals surface area contributed by atoms with Crippen molar-refractivity contribution in [3.8, 4) is 0 Å². The highest BCUT2D eigenvalue weighted by atomic mass is 19.1. The van der Waals surface area contributed by atoms with E-state index in [1.54, 1.807) is 17.0 Å². The highest BCUT2D eigenvalue weighted by Gasteiger charge is 2.61. The third kappa shape index (κ3) is 3.01. The highest BCUT2D eigenvalue weighted by Crippen LogP contribution is 2.64. The zero-order valence-electron chi connectivity index (χ0n) is 17.2. The lowest BCUT2D eigenvalue weighted by atomic mass is 9.42. The lowest BCUT2D eigenvalue weighted by Gasteiger charge is -2.63. The van der Waals surface area contributed by atoms with Gasteiger partial charge in [0.2, 0.25) is 5.91 Å². The number of carbonyl (C=O) groups is 2. The van der Waals surface area contributed by atoms with Gasteiger partial charge < -0.3 is 20.1 Å². The van der Waals surface area contributed by atoms with Crippen LogP contribution in [-0.4, -0.2) is 54.4 Å². The number of aliphatic hydroxyl groups is 1. The molecule has 0 aromatic heterocycles. The number of benzene rings is 1. The molecule has 0 radical (unpaired) electrons. The smallest absolute Gasteiger partial charge is 0.407 e. The fourth-order valence-electron chi connectivity index (χ4n) is 6.89. The number of amides is 2. The Labute approximate surface area is 175 Å². The Morgan fingerprint density at radius 3 is 2.40 bits per heavy atom. The number of likely N-dealkylation sites (tertiary alicyclic amines) is 1. The third-order valence-electron chi connectivity index (χ3n) is 8.26. The van der Waals surface area contributed by atoms with Gasteiger partial charge in [0.15, 0.2) is 0 Å². The zero-order valence-corrected chi connectivity index (χ0v) is 17.2. The van der Waals surface area contributed by atoms with Crippen LogP contribution < -0.4 is 5.32 Å². The molecule has 1 saturated heterocycles. The molecule has 0 spiro atoms. The number of carbonyl (C=O) groups excluding carboxylic acids is 2. The van der Waals surface area contributed by atoms with Crippen LogP contribution in [0.15, 0.2) is 24.3 Å². The van der Waals surface area contributed by atoms with Crippen molar-refractivity contribution in [3.63, 3.8) is 0 Å². The normalized spacial score (nSPS) is 37.0. The Morgan fingerprint density at radius 2 is 1.83 bits per heavy atom. The van der Waals surface area contributed by atoms with Crippen molar-refractivity contribution < 1.29 is 23.8 Å². The first-order valence-electron chi connectivity index (χ1n) is 11.0. The molecular weight excluding hydrogens is 387 g/mol. The van der Waals surface area contributed by atoms with Gasteiger partial charge in [0.05, 0.1) is 19.2 Å². The van der Waals surface area contributed by atoms with Crippen LogP contribution in [0, 0.1) is 29.5 Å². The second-order valence-electron chi connectivity index (χ2n) is 9.65. The molecule has 6 nitrogen and oxygen atoms in total. The first kappa shape index (κ1) is 19.8. The van der Waals surface area contributed by atoms with Crippen LogP contribution in [0.4, 0.5) is 9.18 Å². The van der Waals surface area contributed by atoms with Gasteiger partial charge in [-0.3, -0.25) is 4.79 Å². The molecule has 0 unspecified atom stereocenters. The fraction of sp³-hybridized carbons (Fsp3) is 0.652. The Balaban J connectivity index is 1.39. The second-order valence-corrected chi connectivity index (χ2v) is 9.65. The van der Waals surface area contributed by atoms with Crippen molar-refractivity contribution in [1.29, 1.82) is 0 Å². The molecule has 7 heteroatoms. The minimum Gasteiger partial charge on any atom is -0.442 e. The summed E-state index contributed by atoms with van der Waals surface area (Å²) in [6.45, 7) is 0.815. The van der Waals surface area contributed by atoms with Crippen LogP contribution in [-0.2, 0) is 14.9 Å². The molecule has 4 aliphatic carbocycles. The minimum atomic E-state index is -0.483. The summed E-state index contributed by atoms with van der Waals surface area (Å²) in [7, 11) is 1.51. The second kappa shape index (κ2) is 7.22. The molecule has 5 fully saturated rings. The number of rotatable bonds is 4. The maximum atomic E-state index is 14.2. The van der Waals surface area contributed by atoms with Gasteiger partial charge in [-0.2, -0.15) is 0 Å². The highest BCUT2D eigenvalue weighted by molar-refractivity contribution is 5.79. The summed E-state index contributed by atoms with van der Waals surface area (Å²) >= 11 is 0. The van der Waals surface area contributed by atoms with E-state index in [-0.39, 0.29) is 41.2 Å². The molecule has 4 saturated carbocycles. The van der Waals surface area contributed by atoms with Crippen LogP contribution in [0.25, 0.3) is 0 Å². The monoisotopic (exact) mass is 416 g/mol. The number of nitrogens with one attached hydrogen (secondary N) is 1. The maximum Gasteiger partial charge on any atom is 0.407 e. The van der Waals surface area contributed by atoms with E-state index in [1.807, 2.05) is 6.07 Å². The van der Waals surface area contributed by atoms with Crippen molar-refractivity contribution in [3.05, 3.63) is 35.6 Å². The van der Waals surface area contributed by atoms with Crippen LogP contribution in [0.1, 0.15) is 37.7 Å². The number of nitrogens with zero attached hydrogens (tertiary/aromatic N) is 1. The van der Waals surface area contributed by atoms with E-state index in [1.165, 1.54) is 13.1 Å². The predicted molar refractivity (Wildman–Crippen MR) is 107 cm³/mol. The van der Waals surface area contributed by atoms with Crippen molar-refractivity contribution in [2.24, 2.45) is 23.7 Å². The molecule has 1 aromatic carbocycles. The molecule has 162 valence electrons. The van der Waals surface area contributed by atoms with Crippen molar-refractivity contribution in [2.75, 3.05) is 20.1 Å². The maximum absolute atomic E-state index is 14.2. The van der Waals surface area contributed by atoms with E-state index in [9.17, 15) is 19.1 Å². The predicted octanol–water partition coefficient (Wildman–Crippen LogP) is 2.45. The number of ether oxygens (including phenoxy) is 1. The van der Waals surface area contributed by atoms with Gasteiger partial charge in [-0.1, -0.05) is 12.1 Å². The molecule has 30 heavy (non-hydrogen) atoms. The average molecular weight is 416 g/mol. The summed E-state index contributed by atoms with van der Waals surface area (Å²) in [5.41, 5.74) is 0.553. The van der Waals surface area contributed by atoms with E-state index in [0.29, 0.717) is 31.3 Å². The number of alkyl carbamates (subject to hydrolysis) is 1. The summed E-state index contributed by atoms with van der Waals surface area (Å²) in [5.74, 6) is 0.958.